The van der Waals surface area contributed by atoms with Gasteiger partial charge >= 0.3 is 11.9 Å². The van der Waals surface area contributed by atoms with Crippen LogP contribution in [-0.2, 0) is 49.4 Å². The molecule has 5 rings (SSSR count). The van der Waals surface area contributed by atoms with Crippen LogP contribution >= 0.6 is 11.8 Å². The van der Waals surface area contributed by atoms with E-state index in [2.05, 4.69) is 9.97 Å². The first-order valence-electron chi connectivity index (χ1n) is 20.1. The Bertz CT molecular complexity index is 1730. The number of aliphatic hydroxyl groups excluding tert-OH is 1. The molecule has 0 unspecified atom stereocenters. The summed E-state index contributed by atoms with van der Waals surface area (Å²) in [6, 6.07) is 3.51. The fourth-order valence-corrected chi connectivity index (χ4v) is 10.6. The lowest BCUT2D eigenvalue weighted by atomic mass is 9.70. The number of ketones is 2. The summed E-state index contributed by atoms with van der Waals surface area (Å²) < 4.78 is 33.2. The van der Waals surface area contributed by atoms with Crippen molar-refractivity contribution in [3.8, 4) is 11.3 Å². The molecule has 316 valence electrons. The van der Waals surface area contributed by atoms with Crippen LogP contribution in [0.2, 0.25) is 0 Å². The van der Waals surface area contributed by atoms with Crippen molar-refractivity contribution in [1.29, 1.82) is 0 Å². The summed E-state index contributed by atoms with van der Waals surface area (Å²) in [5.74, 6) is -5.52. The molecule has 3 aliphatic rings. The van der Waals surface area contributed by atoms with E-state index in [-0.39, 0.29) is 30.8 Å². The number of pyridine rings is 1. The van der Waals surface area contributed by atoms with E-state index in [0.29, 0.717) is 18.7 Å². The third-order valence-electron chi connectivity index (χ3n) is 12.5. The first-order chi connectivity index (χ1) is 26.9. The van der Waals surface area contributed by atoms with Crippen LogP contribution in [-0.4, -0.2) is 128 Å². The number of aryl methyl sites for hydroxylation is 1. The molecule has 3 fully saturated rings. The average molecular weight is 815 g/mol. The lowest BCUT2D eigenvalue weighted by Crippen LogP contribution is -2.59. The van der Waals surface area contributed by atoms with E-state index in [4.69, 9.17) is 23.7 Å². The fraction of sp³-hybridized carbons (Fsp3) is 0.714. The maximum Gasteiger partial charge on any atom is 0.320 e. The number of aliphatic hydroxyl groups is 1. The van der Waals surface area contributed by atoms with E-state index in [0.717, 1.165) is 11.3 Å². The van der Waals surface area contributed by atoms with Gasteiger partial charge in [-0.25, -0.2) is 4.98 Å². The predicted octanol–water partition coefficient (Wildman–Crippen LogP) is 4.60. The minimum absolute atomic E-state index is 0.131. The second-order valence-electron chi connectivity index (χ2n) is 16.8. The lowest BCUT2D eigenvalue weighted by Gasteiger charge is -2.47. The van der Waals surface area contributed by atoms with Crippen molar-refractivity contribution in [2.24, 2.45) is 29.6 Å². The number of likely N-dealkylation sites (N-methyl/N-ethyl adjacent to an activating group) is 1. The second kappa shape index (κ2) is 18.4. The van der Waals surface area contributed by atoms with Crippen LogP contribution in [0.4, 0.5) is 0 Å². The van der Waals surface area contributed by atoms with Crippen molar-refractivity contribution in [2.45, 2.75) is 134 Å². The zero-order chi connectivity index (χ0) is 42.0. The van der Waals surface area contributed by atoms with Crippen LogP contribution in [0.1, 0.15) is 74.7 Å². The van der Waals surface area contributed by atoms with E-state index < -0.39 is 88.4 Å². The minimum Gasteiger partial charge on any atom is -0.458 e. The largest absolute Gasteiger partial charge is 0.458 e. The Balaban J connectivity index is 1.47. The van der Waals surface area contributed by atoms with Crippen molar-refractivity contribution < 1.29 is 48.0 Å². The van der Waals surface area contributed by atoms with E-state index in [9.17, 15) is 24.3 Å². The molecule has 0 saturated carbocycles. The van der Waals surface area contributed by atoms with Gasteiger partial charge in [-0.15, -0.1) is 11.8 Å². The van der Waals surface area contributed by atoms with Gasteiger partial charge in [0.1, 0.15) is 29.2 Å². The third-order valence-corrected chi connectivity index (χ3v) is 13.8. The zero-order valence-corrected chi connectivity index (χ0v) is 36.1. The van der Waals surface area contributed by atoms with Gasteiger partial charge in [-0.3, -0.25) is 24.2 Å². The van der Waals surface area contributed by atoms with Gasteiger partial charge in [-0.05, 0) is 73.2 Å². The Morgan fingerprint density at radius 1 is 1.05 bits per heavy atom. The molecule has 0 amide bonds. The molecule has 3 aliphatic heterocycles. The summed E-state index contributed by atoms with van der Waals surface area (Å²) in [7, 11) is 5.24. The highest BCUT2D eigenvalue weighted by molar-refractivity contribution is 8.00. The number of carbonyl (C=O) groups is 4. The molecule has 2 aromatic rings. The third kappa shape index (κ3) is 9.33. The summed E-state index contributed by atoms with van der Waals surface area (Å²) in [6.07, 6.45) is 3.68. The van der Waals surface area contributed by atoms with Gasteiger partial charge in [0.05, 0.1) is 29.8 Å². The summed E-state index contributed by atoms with van der Waals surface area (Å²) >= 11 is 1.40. The maximum absolute atomic E-state index is 14.7. The van der Waals surface area contributed by atoms with Gasteiger partial charge in [0.2, 0.25) is 0 Å². The van der Waals surface area contributed by atoms with Crippen molar-refractivity contribution in [1.82, 2.24) is 19.4 Å². The van der Waals surface area contributed by atoms with Crippen LogP contribution < -0.4 is 0 Å². The molecule has 0 aromatic carbocycles. The van der Waals surface area contributed by atoms with E-state index >= 15 is 0 Å². The highest BCUT2D eigenvalue weighted by Gasteiger charge is 2.61. The molecule has 0 bridgehead atoms. The normalized spacial score (nSPS) is 38.4. The van der Waals surface area contributed by atoms with Crippen LogP contribution in [0.5, 0.6) is 0 Å². The van der Waals surface area contributed by atoms with E-state index in [1.54, 1.807) is 39.5 Å². The number of nitrogens with zero attached hydrogens (tertiary/aromatic N) is 4. The molecule has 5 heterocycles. The van der Waals surface area contributed by atoms with Gasteiger partial charge < -0.3 is 38.3 Å². The number of hydrogen-bond donors (Lipinski definition) is 1. The number of thioether (sulfide) groups is 1. The molecule has 2 aromatic heterocycles. The number of aromatic nitrogens is 3. The molecule has 14 atom stereocenters. The van der Waals surface area contributed by atoms with Gasteiger partial charge in [0.15, 0.2) is 17.7 Å². The Kier molecular flexibility index (Phi) is 14.5. The molecule has 14 nitrogen and oxygen atoms in total. The minimum atomic E-state index is -1.36. The molecule has 3 saturated heterocycles. The smallest absolute Gasteiger partial charge is 0.320 e. The van der Waals surface area contributed by atoms with Crippen molar-refractivity contribution in [2.75, 3.05) is 27.0 Å². The number of hydrogen-bond acceptors (Lipinski definition) is 14. The molecular weight excluding hydrogens is 753 g/mol. The number of imidazole rings is 1. The first kappa shape index (κ1) is 44.9. The number of ether oxygens (including phenoxy) is 5. The van der Waals surface area contributed by atoms with Crippen LogP contribution in [0.3, 0.4) is 0 Å². The van der Waals surface area contributed by atoms with Gasteiger partial charge in [0.25, 0.3) is 0 Å². The van der Waals surface area contributed by atoms with Gasteiger partial charge in [-0.2, -0.15) is 0 Å². The SMILES string of the molecule is CC[C@H]1OC(=O)[C@H](C)C(=O)[C@H](C)[C@@H](O[C@@H]2O[C@H](C)C[C@H](N(C)C)[C@H]2O)[C@](C)(OC)C[C@@H](C)C(=O)[C@H](C)[C@H]2[C@H](SCCn3cnc(-c4cccnc4)c3)C(=O)O[C@@]21C. The topological polar surface area (TPSA) is 169 Å². The van der Waals surface area contributed by atoms with E-state index in [1.807, 2.05) is 69.6 Å². The Labute approximate surface area is 341 Å². The number of cyclic esters (lactones) is 1. The molecule has 57 heavy (non-hydrogen) atoms. The van der Waals surface area contributed by atoms with Gasteiger partial charge in [0, 0.05) is 73.3 Å². The number of methoxy groups -OCH3 is 1. The zero-order valence-electron chi connectivity index (χ0n) is 35.2. The first-order valence-corrected chi connectivity index (χ1v) is 21.2. The molecular formula is C42H62N4O10S. The highest BCUT2D eigenvalue weighted by Crippen LogP contribution is 2.49. The standard InChI is InChI=1S/C42H62N4O10S/c1-12-31-42(8)32(36(39(51)56-42)57-17-16-46-21-29(44-22-46)28-14-13-15-43-20-28)25(4)33(47)23(2)19-41(7,52-11)37(26(5)34(48)27(6)38(50)54-31)55-40-35(49)30(45(9)10)18-24(3)53-40/h13-15,20-27,30-32,35-37,40,49H,12,16-19H2,1-11H3/t23-,24-,25-,26+,27-,30+,31-,32+,35-,36+,37-,40+,41-,42-/m1/s1. The van der Waals surface area contributed by atoms with Crippen molar-refractivity contribution in [3.63, 3.8) is 0 Å². The molecule has 1 N–H and O–H groups in total. The van der Waals surface area contributed by atoms with Gasteiger partial charge in [-0.1, -0.05) is 27.7 Å². The monoisotopic (exact) mass is 814 g/mol. The highest BCUT2D eigenvalue weighted by atomic mass is 32.2. The predicted molar refractivity (Wildman–Crippen MR) is 214 cm³/mol. The second-order valence-corrected chi connectivity index (χ2v) is 18.1. The summed E-state index contributed by atoms with van der Waals surface area (Å²) in [5.41, 5.74) is -0.958. The summed E-state index contributed by atoms with van der Waals surface area (Å²) in [5, 5.41) is 10.7. The number of Topliss-reactive ketones (excluding diaryl/α,β-unsaturated/α-hetero) is 2. The van der Waals surface area contributed by atoms with E-state index in [1.165, 1.54) is 25.8 Å². The molecule has 0 radical (unpaired) electrons. The van der Waals surface area contributed by atoms with Crippen molar-refractivity contribution in [3.05, 3.63) is 37.1 Å². The summed E-state index contributed by atoms with van der Waals surface area (Å²) in [4.78, 5) is 67.5. The average Bonchev–Trinajstić information content (AvgIpc) is 3.76. The molecule has 0 spiro atoms. The number of esters is 2. The maximum atomic E-state index is 14.7. The van der Waals surface area contributed by atoms with Crippen LogP contribution in [0.15, 0.2) is 37.1 Å². The quantitative estimate of drug-likeness (QED) is 0.261. The molecule has 0 aliphatic carbocycles. The molecule has 15 heteroatoms. The number of rotatable bonds is 10. The van der Waals surface area contributed by atoms with Crippen LogP contribution in [0.25, 0.3) is 11.3 Å². The fourth-order valence-electron chi connectivity index (χ4n) is 9.18. The van der Waals surface area contributed by atoms with Crippen LogP contribution in [0, 0.1) is 29.6 Å². The number of carbonyl (C=O) groups excluding carboxylic acids is 4. The Hall–Kier alpha value is -3.21. The Morgan fingerprint density at radius 3 is 2.40 bits per heavy atom. The summed E-state index contributed by atoms with van der Waals surface area (Å²) in [6.45, 7) is 14.6. The van der Waals surface area contributed by atoms with Crippen molar-refractivity contribution >= 4 is 35.3 Å². The lowest BCUT2D eigenvalue weighted by molar-refractivity contribution is -0.295. The Morgan fingerprint density at radius 2 is 1.77 bits per heavy atom. The number of fused-ring (bicyclic) bond motifs is 1.